The van der Waals surface area contributed by atoms with E-state index >= 15 is 0 Å². The highest BCUT2D eigenvalue weighted by molar-refractivity contribution is 5.85. The fourth-order valence-electron chi connectivity index (χ4n) is 4.40. The summed E-state index contributed by atoms with van der Waals surface area (Å²) in [7, 11) is 0. The van der Waals surface area contributed by atoms with Gasteiger partial charge in [0.1, 0.15) is 12.4 Å². The van der Waals surface area contributed by atoms with Gasteiger partial charge >= 0.3 is 12.1 Å². The van der Waals surface area contributed by atoms with Crippen molar-refractivity contribution in [3.63, 3.8) is 0 Å². The van der Waals surface area contributed by atoms with E-state index in [1.165, 1.54) is 34.6 Å². The molecule has 2 aromatic carbocycles. The molecule has 1 aliphatic heterocycles. The molecule has 1 aromatic heterocycles. The largest absolute Gasteiger partial charge is 0.476 e. The SMILES string of the molecule is O=C(O)c1cnc(N2CCN(C(=O)OCC3c4ccccc4-c4ccccc43)CC2)cn1. The van der Waals surface area contributed by atoms with Crippen molar-refractivity contribution in [2.75, 3.05) is 37.7 Å². The summed E-state index contributed by atoms with van der Waals surface area (Å²) in [6, 6.07) is 16.5. The molecule has 0 unspecified atom stereocenters. The number of hydrogen-bond acceptors (Lipinski definition) is 6. The average molecular weight is 430 g/mol. The second kappa shape index (κ2) is 8.30. The van der Waals surface area contributed by atoms with Crippen LogP contribution < -0.4 is 4.90 Å². The molecule has 8 nitrogen and oxygen atoms in total. The Hall–Kier alpha value is -3.94. The molecule has 0 spiro atoms. The molecule has 1 N–H and O–H groups in total. The molecule has 5 rings (SSSR count). The number of anilines is 1. The van der Waals surface area contributed by atoms with Crippen molar-refractivity contribution in [3.05, 3.63) is 77.7 Å². The number of carboxylic acids is 1. The number of aromatic nitrogens is 2. The van der Waals surface area contributed by atoms with Crippen LogP contribution >= 0.6 is 0 Å². The number of benzene rings is 2. The van der Waals surface area contributed by atoms with E-state index in [9.17, 15) is 9.59 Å². The first-order valence-electron chi connectivity index (χ1n) is 10.5. The quantitative estimate of drug-likeness (QED) is 0.679. The molecule has 8 heteroatoms. The fourth-order valence-corrected chi connectivity index (χ4v) is 4.40. The first-order valence-corrected chi connectivity index (χ1v) is 10.5. The van der Waals surface area contributed by atoms with Crippen LogP contribution in [0.4, 0.5) is 10.6 Å². The number of nitrogens with zero attached hydrogens (tertiary/aromatic N) is 4. The summed E-state index contributed by atoms with van der Waals surface area (Å²) in [5, 5.41) is 8.95. The Balaban J connectivity index is 1.20. The van der Waals surface area contributed by atoms with Gasteiger partial charge in [-0.25, -0.2) is 19.6 Å². The molecule has 1 fully saturated rings. The van der Waals surface area contributed by atoms with Crippen molar-refractivity contribution < 1.29 is 19.4 Å². The zero-order valence-corrected chi connectivity index (χ0v) is 17.3. The molecule has 1 aliphatic carbocycles. The van der Waals surface area contributed by atoms with E-state index in [0.29, 0.717) is 38.6 Å². The molecule has 0 radical (unpaired) electrons. The van der Waals surface area contributed by atoms with Crippen molar-refractivity contribution in [2.45, 2.75) is 5.92 Å². The van der Waals surface area contributed by atoms with Crippen molar-refractivity contribution in [3.8, 4) is 11.1 Å². The van der Waals surface area contributed by atoms with E-state index in [1.807, 2.05) is 29.2 Å². The van der Waals surface area contributed by atoms with Crippen LogP contribution in [0.25, 0.3) is 11.1 Å². The number of rotatable bonds is 4. The van der Waals surface area contributed by atoms with E-state index in [4.69, 9.17) is 9.84 Å². The van der Waals surface area contributed by atoms with Crippen molar-refractivity contribution >= 4 is 17.9 Å². The number of carboxylic acid groups (broad SMARTS) is 1. The summed E-state index contributed by atoms with van der Waals surface area (Å²) >= 11 is 0. The summed E-state index contributed by atoms with van der Waals surface area (Å²) in [5.74, 6) is -0.470. The normalized spacial score (nSPS) is 15.2. The van der Waals surface area contributed by atoms with Gasteiger partial charge < -0.3 is 19.6 Å². The van der Waals surface area contributed by atoms with Gasteiger partial charge in [-0.2, -0.15) is 0 Å². The summed E-state index contributed by atoms with van der Waals surface area (Å²) in [6.07, 6.45) is 2.38. The Labute approximate surface area is 185 Å². The van der Waals surface area contributed by atoms with Gasteiger partial charge in [0.25, 0.3) is 0 Å². The zero-order valence-electron chi connectivity index (χ0n) is 17.3. The lowest BCUT2D eigenvalue weighted by Gasteiger charge is -2.34. The minimum absolute atomic E-state index is 0.0377. The number of hydrogen-bond donors (Lipinski definition) is 1. The zero-order chi connectivity index (χ0) is 22.1. The molecule has 3 aromatic rings. The minimum atomic E-state index is -1.11. The summed E-state index contributed by atoms with van der Waals surface area (Å²) in [6.45, 7) is 2.45. The van der Waals surface area contributed by atoms with Gasteiger partial charge in [-0.05, 0) is 22.3 Å². The number of piperazine rings is 1. The van der Waals surface area contributed by atoms with Crippen LogP contribution in [0.15, 0.2) is 60.9 Å². The Morgan fingerprint density at radius 3 is 2.09 bits per heavy atom. The lowest BCUT2D eigenvalue weighted by Crippen LogP contribution is -2.49. The highest BCUT2D eigenvalue weighted by atomic mass is 16.6. The van der Waals surface area contributed by atoms with Gasteiger partial charge in [0.05, 0.1) is 12.4 Å². The maximum Gasteiger partial charge on any atom is 0.409 e. The summed E-state index contributed by atoms with van der Waals surface area (Å²) < 4.78 is 5.74. The molecule has 0 atom stereocenters. The van der Waals surface area contributed by atoms with E-state index in [1.54, 1.807) is 4.90 Å². The first-order chi connectivity index (χ1) is 15.6. The Morgan fingerprint density at radius 2 is 1.53 bits per heavy atom. The van der Waals surface area contributed by atoms with Gasteiger partial charge in [0, 0.05) is 32.1 Å². The molecular weight excluding hydrogens is 408 g/mol. The van der Waals surface area contributed by atoms with Gasteiger partial charge in [-0.1, -0.05) is 48.5 Å². The molecule has 2 aliphatic rings. The van der Waals surface area contributed by atoms with Crippen LogP contribution in [0.1, 0.15) is 27.5 Å². The highest BCUT2D eigenvalue weighted by Crippen LogP contribution is 2.44. The number of carbonyl (C=O) groups excluding carboxylic acids is 1. The molecule has 0 saturated carbocycles. The predicted octanol–water partition coefficient (Wildman–Crippen LogP) is 3.25. The molecular formula is C24H22N4O4. The summed E-state index contributed by atoms with van der Waals surface area (Å²) in [4.78, 5) is 35.4. The van der Waals surface area contributed by atoms with Crippen molar-refractivity contribution in [1.29, 1.82) is 0 Å². The maximum atomic E-state index is 12.7. The highest BCUT2D eigenvalue weighted by Gasteiger charge is 2.30. The number of ether oxygens (including phenoxy) is 1. The van der Waals surface area contributed by atoms with Gasteiger partial charge in [0.2, 0.25) is 0 Å². The Bertz CT molecular complexity index is 1110. The fraction of sp³-hybridized carbons (Fsp3) is 0.250. The molecule has 2 heterocycles. The van der Waals surface area contributed by atoms with Crippen molar-refractivity contribution in [1.82, 2.24) is 14.9 Å². The predicted molar refractivity (Wildman–Crippen MR) is 118 cm³/mol. The van der Waals surface area contributed by atoms with E-state index in [2.05, 4.69) is 34.2 Å². The Kier molecular flexibility index (Phi) is 5.18. The molecule has 1 amide bonds. The maximum absolute atomic E-state index is 12.7. The minimum Gasteiger partial charge on any atom is -0.476 e. The second-order valence-electron chi connectivity index (χ2n) is 7.84. The van der Waals surface area contributed by atoms with Gasteiger partial charge in [-0.3, -0.25) is 0 Å². The van der Waals surface area contributed by atoms with Crippen molar-refractivity contribution in [2.24, 2.45) is 0 Å². The van der Waals surface area contributed by atoms with Crippen LogP contribution in [-0.4, -0.2) is 64.8 Å². The molecule has 0 bridgehead atoms. The standard InChI is InChI=1S/C24H22N4O4/c29-23(30)21-13-26-22(14-25-21)27-9-11-28(12-10-27)24(31)32-15-20-18-7-3-1-5-16(18)17-6-2-4-8-19(17)20/h1-8,13-14,20H,9-12,15H2,(H,29,30). The third kappa shape index (κ3) is 3.64. The smallest absolute Gasteiger partial charge is 0.409 e. The topological polar surface area (TPSA) is 95.9 Å². The van der Waals surface area contributed by atoms with Crippen LogP contribution in [-0.2, 0) is 4.74 Å². The molecule has 162 valence electrons. The summed E-state index contributed by atoms with van der Waals surface area (Å²) in [5.41, 5.74) is 4.69. The number of amides is 1. The molecule has 1 saturated heterocycles. The molecule has 32 heavy (non-hydrogen) atoms. The van der Waals surface area contributed by atoms with Gasteiger partial charge in [-0.15, -0.1) is 0 Å². The van der Waals surface area contributed by atoms with Gasteiger partial charge in [0.15, 0.2) is 5.69 Å². The first kappa shape index (κ1) is 20.0. The third-order valence-corrected chi connectivity index (χ3v) is 6.06. The second-order valence-corrected chi connectivity index (χ2v) is 7.84. The lowest BCUT2D eigenvalue weighted by atomic mass is 9.98. The monoisotopic (exact) mass is 430 g/mol. The van der Waals surface area contributed by atoms with Crippen LogP contribution in [0.2, 0.25) is 0 Å². The van der Waals surface area contributed by atoms with E-state index < -0.39 is 5.97 Å². The Morgan fingerprint density at radius 1 is 0.906 bits per heavy atom. The number of aromatic carboxylic acids is 1. The van der Waals surface area contributed by atoms with E-state index in [-0.39, 0.29) is 17.7 Å². The van der Waals surface area contributed by atoms with E-state index in [0.717, 1.165) is 0 Å². The van der Waals surface area contributed by atoms with Crippen LogP contribution in [0.5, 0.6) is 0 Å². The average Bonchev–Trinajstić information content (AvgIpc) is 3.16. The lowest BCUT2D eigenvalue weighted by molar-refractivity contribution is 0.0689. The third-order valence-electron chi connectivity index (χ3n) is 6.06. The number of fused-ring (bicyclic) bond motifs is 3. The van der Waals surface area contributed by atoms with Crippen LogP contribution in [0.3, 0.4) is 0 Å². The van der Waals surface area contributed by atoms with Crippen LogP contribution in [0, 0.1) is 0 Å². The number of carbonyl (C=O) groups is 2.